The second-order valence-electron chi connectivity index (χ2n) is 5.63. The Kier molecular flexibility index (Phi) is 5.79. The molecule has 1 fully saturated rings. The summed E-state index contributed by atoms with van der Waals surface area (Å²) in [5.74, 6) is -0.771. The quantitative estimate of drug-likeness (QED) is 0.763. The molecular weight excluding hydrogens is 262 g/mol. The lowest BCUT2D eigenvalue weighted by atomic mass is 10.1. The van der Waals surface area contributed by atoms with E-state index in [-0.39, 0.29) is 30.4 Å². The molecule has 1 heterocycles. The summed E-state index contributed by atoms with van der Waals surface area (Å²) >= 11 is 0. The lowest BCUT2D eigenvalue weighted by molar-refractivity contribution is -0.137. The molecule has 7 heteroatoms. The minimum atomic E-state index is -1.03. The van der Waals surface area contributed by atoms with Crippen LogP contribution in [0.2, 0.25) is 0 Å². The summed E-state index contributed by atoms with van der Waals surface area (Å²) in [6, 6.07) is -0.498. The van der Waals surface area contributed by atoms with Gasteiger partial charge in [0.2, 0.25) is 5.91 Å². The maximum atomic E-state index is 12.1. The third-order valence-electron chi connectivity index (χ3n) is 3.15. The number of nitrogens with zero attached hydrogens (tertiary/aromatic N) is 2. The Balaban J connectivity index is 2.56. The smallest absolute Gasteiger partial charge is 0.323 e. The number of amides is 3. The molecule has 0 radical (unpaired) electrons. The molecule has 7 nitrogen and oxygen atoms in total. The summed E-state index contributed by atoms with van der Waals surface area (Å²) in [6.07, 6.45) is 1.00. The summed E-state index contributed by atoms with van der Waals surface area (Å²) in [5, 5.41) is 11.7. The number of piperidine rings is 1. The van der Waals surface area contributed by atoms with Crippen molar-refractivity contribution in [1.29, 1.82) is 0 Å². The molecule has 0 spiro atoms. The Hall–Kier alpha value is -1.79. The van der Waals surface area contributed by atoms with Crippen LogP contribution >= 0.6 is 0 Å². The fraction of sp³-hybridized carbons (Fsp3) is 0.769. The topological polar surface area (TPSA) is 90.0 Å². The van der Waals surface area contributed by atoms with Crippen LogP contribution in [-0.2, 0) is 9.59 Å². The summed E-state index contributed by atoms with van der Waals surface area (Å²) in [7, 11) is 1.70. The maximum Gasteiger partial charge on any atom is 0.323 e. The third-order valence-corrected chi connectivity index (χ3v) is 3.15. The number of nitrogens with one attached hydrogen (secondary N) is 1. The van der Waals surface area contributed by atoms with E-state index >= 15 is 0 Å². The third kappa shape index (κ3) is 5.07. The zero-order valence-corrected chi connectivity index (χ0v) is 12.3. The molecule has 0 bridgehead atoms. The number of aliphatic carboxylic acids is 1. The minimum Gasteiger partial charge on any atom is -0.480 e. The van der Waals surface area contributed by atoms with Gasteiger partial charge in [0.05, 0.1) is 0 Å². The summed E-state index contributed by atoms with van der Waals surface area (Å²) in [5.41, 5.74) is 0. The molecular formula is C13H23N3O4. The van der Waals surface area contributed by atoms with Gasteiger partial charge in [-0.2, -0.15) is 0 Å². The Morgan fingerprint density at radius 3 is 2.65 bits per heavy atom. The van der Waals surface area contributed by atoms with Gasteiger partial charge in [-0.25, -0.2) is 4.79 Å². The first-order valence-corrected chi connectivity index (χ1v) is 6.80. The van der Waals surface area contributed by atoms with E-state index in [9.17, 15) is 14.4 Å². The Labute approximate surface area is 118 Å². The summed E-state index contributed by atoms with van der Waals surface area (Å²) in [4.78, 5) is 37.2. The molecule has 1 aliphatic rings. The van der Waals surface area contributed by atoms with Crippen LogP contribution in [0.3, 0.4) is 0 Å². The summed E-state index contributed by atoms with van der Waals surface area (Å²) in [6.45, 7) is 4.39. The van der Waals surface area contributed by atoms with Crippen LogP contribution in [-0.4, -0.2) is 65.5 Å². The van der Waals surface area contributed by atoms with Gasteiger partial charge in [-0.3, -0.25) is 9.59 Å². The van der Waals surface area contributed by atoms with Gasteiger partial charge in [0.25, 0.3) is 0 Å². The van der Waals surface area contributed by atoms with Crippen LogP contribution in [0.5, 0.6) is 0 Å². The minimum absolute atomic E-state index is 0.0695. The molecule has 0 aromatic heterocycles. The fourth-order valence-corrected chi connectivity index (χ4v) is 2.22. The standard InChI is InChI=1S/C13H23N3O4/c1-9(2)6-16(8-12(18)19)13(20)14-10-4-5-11(17)15(3)7-10/h9-10H,4-8H2,1-3H3,(H,14,20)(H,18,19). The van der Waals surface area contributed by atoms with Gasteiger partial charge in [0, 0.05) is 32.6 Å². The summed E-state index contributed by atoms with van der Waals surface area (Å²) < 4.78 is 0. The fourth-order valence-electron chi connectivity index (χ4n) is 2.22. The van der Waals surface area contributed by atoms with Crippen LogP contribution in [0.15, 0.2) is 0 Å². The molecule has 20 heavy (non-hydrogen) atoms. The molecule has 3 amide bonds. The molecule has 1 saturated heterocycles. The van der Waals surface area contributed by atoms with Crippen molar-refractivity contribution in [1.82, 2.24) is 15.1 Å². The zero-order chi connectivity index (χ0) is 15.3. The largest absolute Gasteiger partial charge is 0.480 e. The van der Waals surface area contributed by atoms with E-state index < -0.39 is 5.97 Å². The number of likely N-dealkylation sites (tertiary alicyclic amines) is 1. The van der Waals surface area contributed by atoms with Gasteiger partial charge >= 0.3 is 12.0 Å². The predicted molar refractivity (Wildman–Crippen MR) is 73.2 cm³/mol. The molecule has 1 unspecified atom stereocenters. The highest BCUT2D eigenvalue weighted by Crippen LogP contribution is 2.10. The highest BCUT2D eigenvalue weighted by molar-refractivity contribution is 5.81. The van der Waals surface area contributed by atoms with E-state index in [2.05, 4.69) is 5.32 Å². The van der Waals surface area contributed by atoms with Gasteiger partial charge in [0.1, 0.15) is 6.54 Å². The van der Waals surface area contributed by atoms with Crippen molar-refractivity contribution in [2.45, 2.75) is 32.7 Å². The van der Waals surface area contributed by atoms with Gasteiger partial charge in [0.15, 0.2) is 0 Å². The number of urea groups is 1. The Bertz CT molecular complexity index is 384. The van der Waals surface area contributed by atoms with Crippen molar-refractivity contribution >= 4 is 17.9 Å². The number of likely N-dealkylation sites (N-methyl/N-ethyl adjacent to an activating group) is 1. The lowest BCUT2D eigenvalue weighted by Crippen LogP contribution is -2.53. The van der Waals surface area contributed by atoms with Crippen molar-refractivity contribution in [3.05, 3.63) is 0 Å². The molecule has 0 aromatic rings. The number of carbonyl (C=O) groups excluding carboxylic acids is 2. The Morgan fingerprint density at radius 1 is 1.50 bits per heavy atom. The van der Waals surface area contributed by atoms with Gasteiger partial charge in [-0.1, -0.05) is 13.8 Å². The average Bonchev–Trinajstić information content (AvgIpc) is 2.32. The average molecular weight is 285 g/mol. The van der Waals surface area contributed by atoms with Crippen LogP contribution < -0.4 is 5.32 Å². The van der Waals surface area contributed by atoms with Crippen LogP contribution in [0.25, 0.3) is 0 Å². The van der Waals surface area contributed by atoms with E-state index in [0.717, 1.165) is 0 Å². The zero-order valence-electron chi connectivity index (χ0n) is 12.3. The van der Waals surface area contributed by atoms with Gasteiger partial charge < -0.3 is 20.2 Å². The van der Waals surface area contributed by atoms with E-state index in [0.29, 0.717) is 25.9 Å². The van der Waals surface area contributed by atoms with Gasteiger partial charge in [-0.05, 0) is 12.3 Å². The molecule has 1 atom stereocenters. The number of hydrogen-bond donors (Lipinski definition) is 2. The lowest BCUT2D eigenvalue weighted by Gasteiger charge is -2.32. The van der Waals surface area contributed by atoms with Crippen LogP contribution in [0.4, 0.5) is 4.79 Å². The maximum absolute atomic E-state index is 12.1. The Morgan fingerprint density at radius 2 is 2.15 bits per heavy atom. The van der Waals surface area contributed by atoms with E-state index in [1.165, 1.54) is 4.90 Å². The normalized spacial score (nSPS) is 19.1. The number of carbonyl (C=O) groups is 3. The monoisotopic (exact) mass is 285 g/mol. The number of carboxylic acid groups (broad SMARTS) is 1. The highest BCUT2D eigenvalue weighted by Gasteiger charge is 2.26. The molecule has 1 rings (SSSR count). The van der Waals surface area contributed by atoms with E-state index in [1.807, 2.05) is 13.8 Å². The van der Waals surface area contributed by atoms with Crippen LogP contribution in [0.1, 0.15) is 26.7 Å². The molecule has 0 aliphatic carbocycles. The molecule has 0 aromatic carbocycles. The number of carboxylic acids is 1. The second kappa shape index (κ2) is 7.12. The van der Waals surface area contributed by atoms with Crippen molar-refractivity contribution in [3.63, 3.8) is 0 Å². The second-order valence-corrected chi connectivity index (χ2v) is 5.63. The van der Waals surface area contributed by atoms with Crippen molar-refractivity contribution < 1.29 is 19.5 Å². The first-order valence-electron chi connectivity index (χ1n) is 6.80. The van der Waals surface area contributed by atoms with E-state index in [4.69, 9.17) is 5.11 Å². The van der Waals surface area contributed by atoms with Crippen molar-refractivity contribution in [3.8, 4) is 0 Å². The van der Waals surface area contributed by atoms with Crippen molar-refractivity contribution in [2.75, 3.05) is 26.7 Å². The van der Waals surface area contributed by atoms with Crippen LogP contribution in [0, 0.1) is 5.92 Å². The van der Waals surface area contributed by atoms with Gasteiger partial charge in [-0.15, -0.1) is 0 Å². The molecule has 2 N–H and O–H groups in total. The SMILES string of the molecule is CC(C)CN(CC(=O)O)C(=O)NC1CCC(=O)N(C)C1. The number of rotatable bonds is 5. The molecule has 114 valence electrons. The molecule has 0 saturated carbocycles. The predicted octanol–water partition coefficient (Wildman–Crippen LogP) is 0.359. The molecule has 1 aliphatic heterocycles. The van der Waals surface area contributed by atoms with E-state index in [1.54, 1.807) is 11.9 Å². The number of hydrogen-bond acceptors (Lipinski definition) is 3. The first-order chi connectivity index (χ1) is 9.29. The first kappa shape index (κ1) is 16.3. The van der Waals surface area contributed by atoms with Crippen molar-refractivity contribution in [2.24, 2.45) is 5.92 Å². The highest BCUT2D eigenvalue weighted by atomic mass is 16.4.